The molecule has 2 aliphatic heterocycles. The highest BCUT2D eigenvalue weighted by Crippen LogP contribution is 2.25. The summed E-state index contributed by atoms with van der Waals surface area (Å²) in [7, 11) is -2.98. The second kappa shape index (κ2) is 5.57. The van der Waals surface area contributed by atoms with E-state index in [1.807, 2.05) is 4.90 Å². The molecule has 0 aliphatic carbocycles. The predicted octanol–water partition coefficient (Wildman–Crippen LogP) is 0.893. The number of aliphatic carboxylic acids is 1. The number of nitrogens with zero attached hydrogens (tertiary/aromatic N) is 1. The molecule has 2 unspecified atom stereocenters. The van der Waals surface area contributed by atoms with Crippen LogP contribution < -0.4 is 0 Å². The van der Waals surface area contributed by atoms with Crippen molar-refractivity contribution in [1.82, 2.24) is 4.90 Å². The molecule has 0 spiro atoms. The Kier molecular flexibility index (Phi) is 4.27. The fraction of sp³-hybridized carbons (Fsp3) is 0.917. The van der Waals surface area contributed by atoms with Gasteiger partial charge in [-0.2, -0.15) is 0 Å². The Labute approximate surface area is 108 Å². The van der Waals surface area contributed by atoms with Crippen LogP contribution in [-0.4, -0.2) is 54.5 Å². The zero-order valence-corrected chi connectivity index (χ0v) is 11.4. The van der Waals surface area contributed by atoms with Crippen molar-refractivity contribution in [3.05, 3.63) is 0 Å². The molecule has 2 atom stereocenters. The van der Waals surface area contributed by atoms with Crippen LogP contribution in [-0.2, 0) is 14.6 Å². The van der Waals surface area contributed by atoms with Crippen LogP contribution in [0.25, 0.3) is 0 Å². The van der Waals surface area contributed by atoms with E-state index < -0.39 is 21.8 Å². The maximum atomic E-state index is 11.7. The Bertz CT molecular complexity index is 406. The van der Waals surface area contributed by atoms with Crippen LogP contribution in [0.2, 0.25) is 0 Å². The maximum absolute atomic E-state index is 11.7. The van der Waals surface area contributed by atoms with Gasteiger partial charge in [0.25, 0.3) is 0 Å². The third-order valence-electron chi connectivity index (χ3n) is 3.99. The lowest BCUT2D eigenvalue weighted by molar-refractivity contribution is -0.144. The summed E-state index contributed by atoms with van der Waals surface area (Å²) in [4.78, 5) is 13.3. The van der Waals surface area contributed by atoms with Crippen molar-refractivity contribution in [2.75, 3.05) is 18.1 Å². The smallest absolute Gasteiger partial charge is 0.320 e. The average Bonchev–Trinajstić information content (AvgIpc) is 2.52. The van der Waals surface area contributed by atoms with Gasteiger partial charge >= 0.3 is 5.97 Å². The van der Waals surface area contributed by atoms with Crippen LogP contribution in [0, 0.1) is 0 Å². The van der Waals surface area contributed by atoms with E-state index in [2.05, 4.69) is 0 Å². The minimum absolute atomic E-state index is 0.0945. The molecular formula is C12H21NO4S. The van der Waals surface area contributed by atoms with Crippen LogP contribution in [0.15, 0.2) is 0 Å². The van der Waals surface area contributed by atoms with Crippen molar-refractivity contribution in [3.63, 3.8) is 0 Å². The number of hydrogen-bond acceptors (Lipinski definition) is 4. The van der Waals surface area contributed by atoms with Gasteiger partial charge in [-0.1, -0.05) is 12.8 Å². The first-order valence-corrected chi connectivity index (χ1v) is 8.51. The fourth-order valence-corrected chi connectivity index (χ4v) is 4.81. The molecule has 0 aromatic carbocycles. The zero-order chi connectivity index (χ0) is 13.2. The molecule has 2 aliphatic rings. The third kappa shape index (κ3) is 3.23. The second-order valence-corrected chi connectivity index (χ2v) is 7.58. The molecule has 0 saturated carbocycles. The molecule has 2 saturated heterocycles. The average molecular weight is 275 g/mol. The van der Waals surface area contributed by atoms with Crippen molar-refractivity contribution in [3.8, 4) is 0 Å². The lowest BCUT2D eigenvalue weighted by Crippen LogP contribution is -2.51. The van der Waals surface area contributed by atoms with Gasteiger partial charge in [-0.15, -0.1) is 0 Å². The van der Waals surface area contributed by atoms with Gasteiger partial charge in [-0.25, -0.2) is 8.42 Å². The summed E-state index contributed by atoms with van der Waals surface area (Å²) in [5.41, 5.74) is 0. The number of likely N-dealkylation sites (tertiary alicyclic amines) is 1. The number of carbonyl (C=O) groups is 1. The van der Waals surface area contributed by atoms with Gasteiger partial charge in [-0.3, -0.25) is 9.69 Å². The van der Waals surface area contributed by atoms with Crippen molar-refractivity contribution in [2.45, 2.75) is 50.6 Å². The van der Waals surface area contributed by atoms with Crippen molar-refractivity contribution in [2.24, 2.45) is 0 Å². The Morgan fingerprint density at radius 1 is 1.11 bits per heavy atom. The van der Waals surface area contributed by atoms with Gasteiger partial charge < -0.3 is 5.11 Å². The summed E-state index contributed by atoms with van der Waals surface area (Å²) in [6.45, 7) is 0.719. The molecule has 2 rings (SSSR count). The van der Waals surface area contributed by atoms with Gasteiger partial charge in [0.15, 0.2) is 9.84 Å². The lowest BCUT2D eigenvalue weighted by Gasteiger charge is -2.36. The SMILES string of the molecule is O=C(O)C1CCCCCN1C1CCCS(=O)(=O)C1. The van der Waals surface area contributed by atoms with Crippen LogP contribution in [0.4, 0.5) is 0 Å². The van der Waals surface area contributed by atoms with E-state index in [4.69, 9.17) is 0 Å². The van der Waals surface area contributed by atoms with Crippen molar-refractivity contribution in [1.29, 1.82) is 0 Å². The summed E-state index contributed by atoms with van der Waals surface area (Å²) < 4.78 is 23.4. The van der Waals surface area contributed by atoms with Crippen molar-refractivity contribution < 1.29 is 18.3 Å². The van der Waals surface area contributed by atoms with Gasteiger partial charge in [0.2, 0.25) is 0 Å². The summed E-state index contributed by atoms with van der Waals surface area (Å²) in [6.07, 6.45) is 5.05. The topological polar surface area (TPSA) is 74.7 Å². The highest BCUT2D eigenvalue weighted by molar-refractivity contribution is 7.91. The molecule has 2 fully saturated rings. The molecular weight excluding hydrogens is 254 g/mol. The van der Waals surface area contributed by atoms with Crippen LogP contribution >= 0.6 is 0 Å². The minimum Gasteiger partial charge on any atom is -0.480 e. The number of hydrogen-bond donors (Lipinski definition) is 1. The first-order valence-electron chi connectivity index (χ1n) is 6.68. The summed E-state index contributed by atoms with van der Waals surface area (Å²) in [5.74, 6) is -0.411. The molecule has 0 radical (unpaired) electrons. The molecule has 0 aromatic heterocycles. The number of sulfone groups is 1. The van der Waals surface area contributed by atoms with E-state index in [1.165, 1.54) is 0 Å². The van der Waals surface area contributed by atoms with E-state index in [-0.39, 0.29) is 17.5 Å². The molecule has 0 aromatic rings. The van der Waals surface area contributed by atoms with Gasteiger partial charge in [-0.05, 0) is 32.2 Å². The maximum Gasteiger partial charge on any atom is 0.320 e. The molecule has 18 heavy (non-hydrogen) atoms. The van der Waals surface area contributed by atoms with E-state index in [0.29, 0.717) is 12.8 Å². The number of carboxylic acid groups (broad SMARTS) is 1. The zero-order valence-electron chi connectivity index (χ0n) is 10.5. The minimum atomic E-state index is -2.98. The molecule has 2 heterocycles. The summed E-state index contributed by atoms with van der Waals surface area (Å²) in [5, 5.41) is 9.30. The fourth-order valence-electron chi connectivity index (χ4n) is 3.09. The first kappa shape index (κ1) is 13.8. The second-order valence-electron chi connectivity index (χ2n) is 5.35. The lowest BCUT2D eigenvalue weighted by atomic mass is 10.1. The Morgan fingerprint density at radius 2 is 1.89 bits per heavy atom. The van der Waals surface area contributed by atoms with Crippen molar-refractivity contribution >= 4 is 15.8 Å². The Hall–Kier alpha value is -0.620. The number of rotatable bonds is 2. The summed E-state index contributed by atoms with van der Waals surface area (Å²) >= 11 is 0. The van der Waals surface area contributed by atoms with Gasteiger partial charge in [0, 0.05) is 6.04 Å². The molecule has 6 heteroatoms. The first-order chi connectivity index (χ1) is 8.49. The highest BCUT2D eigenvalue weighted by Gasteiger charge is 2.36. The van der Waals surface area contributed by atoms with Crippen LogP contribution in [0.5, 0.6) is 0 Å². The van der Waals surface area contributed by atoms with E-state index in [0.717, 1.165) is 32.2 Å². The monoisotopic (exact) mass is 275 g/mol. The number of carboxylic acids is 1. The quantitative estimate of drug-likeness (QED) is 0.810. The predicted molar refractivity (Wildman–Crippen MR) is 68.3 cm³/mol. The third-order valence-corrected chi connectivity index (χ3v) is 5.79. The molecule has 0 amide bonds. The largest absolute Gasteiger partial charge is 0.480 e. The molecule has 5 nitrogen and oxygen atoms in total. The molecule has 104 valence electrons. The van der Waals surface area contributed by atoms with Gasteiger partial charge in [0.1, 0.15) is 6.04 Å². The Balaban J connectivity index is 2.14. The normalized spacial score (nSPS) is 33.8. The highest BCUT2D eigenvalue weighted by atomic mass is 32.2. The van der Waals surface area contributed by atoms with Crippen LogP contribution in [0.1, 0.15) is 38.5 Å². The van der Waals surface area contributed by atoms with Gasteiger partial charge in [0.05, 0.1) is 11.5 Å². The molecule has 1 N–H and O–H groups in total. The molecule has 0 bridgehead atoms. The Morgan fingerprint density at radius 3 is 2.56 bits per heavy atom. The standard InChI is InChI=1S/C12H21NO4S/c14-12(15)11-6-2-1-3-7-13(11)10-5-4-8-18(16,17)9-10/h10-11H,1-9H2,(H,14,15). The summed E-state index contributed by atoms with van der Waals surface area (Å²) in [6, 6.07) is -0.589. The van der Waals surface area contributed by atoms with E-state index in [9.17, 15) is 18.3 Å². The van der Waals surface area contributed by atoms with E-state index in [1.54, 1.807) is 0 Å². The van der Waals surface area contributed by atoms with E-state index >= 15 is 0 Å². The van der Waals surface area contributed by atoms with Crippen LogP contribution in [0.3, 0.4) is 0 Å².